The van der Waals surface area contributed by atoms with Crippen molar-refractivity contribution >= 4 is 46.8 Å². The number of nitrogens with zero attached hydrogens (tertiary/aromatic N) is 3. The smallest absolute Gasteiger partial charge is 0.307 e. The second-order valence-electron chi connectivity index (χ2n) is 21.9. The van der Waals surface area contributed by atoms with E-state index >= 15 is 0 Å². The number of methoxy groups -OCH3 is 2. The highest BCUT2D eigenvalue weighted by Crippen LogP contribution is 2.44. The van der Waals surface area contributed by atoms with Crippen LogP contribution in [-0.2, 0) is 68.5 Å². The Bertz CT molecular complexity index is 2050. The summed E-state index contributed by atoms with van der Waals surface area (Å²) in [7, 11) is 4.78. The molecule has 74 heavy (non-hydrogen) atoms. The predicted molar refractivity (Wildman–Crippen MR) is 276 cm³/mol. The number of benzene rings is 1. The van der Waals surface area contributed by atoms with E-state index in [1.165, 1.54) is 14.2 Å². The molecular weight excluding hydrogens is 951 g/mol. The monoisotopic (exact) mass is 1040 g/mol. The molecule has 2 saturated carbocycles. The number of rotatable bonds is 33. The summed E-state index contributed by atoms with van der Waals surface area (Å²) in [6, 6.07) is 7.63. The second-order valence-corrected chi connectivity index (χ2v) is 21.9. The minimum Gasteiger partial charge on any atom is -0.481 e. The number of likely N-dealkylation sites (tertiary alicyclic amines) is 2. The lowest BCUT2D eigenvalue weighted by Gasteiger charge is -2.41. The number of ketones is 4. The fraction of sp³-hybridized carbons (Fsp3) is 0.754. The summed E-state index contributed by atoms with van der Waals surface area (Å²) in [6.45, 7) is 13.6. The highest BCUT2D eigenvalue weighted by molar-refractivity contribution is 6.09. The normalized spacial score (nSPS) is 24.5. The largest absolute Gasteiger partial charge is 0.481 e. The number of aliphatic carboxylic acids is 1. The van der Waals surface area contributed by atoms with Crippen LogP contribution >= 0.6 is 0 Å². The molecule has 0 radical (unpaired) electrons. The quantitative estimate of drug-likeness (QED) is 0.0628. The van der Waals surface area contributed by atoms with Crippen molar-refractivity contribution in [2.24, 2.45) is 47.3 Å². The van der Waals surface area contributed by atoms with Crippen molar-refractivity contribution in [3.05, 3.63) is 35.9 Å². The van der Waals surface area contributed by atoms with Crippen LogP contribution in [0.2, 0.25) is 0 Å². The van der Waals surface area contributed by atoms with Gasteiger partial charge in [0.15, 0.2) is 5.78 Å². The third kappa shape index (κ3) is 15.6. The number of Topliss-reactive ketones (excluding diaryl/α,β-unsaturated/α-hetero) is 4. The SMILES string of the molecule is CC[C@H](C)C([C@@H](CC(=O)N1CCC[C@H]1[C@H](OC)[C@@H](C)C(=O)C[C@@H](Cc1ccccc1)C(=O)O)OC)N(C)C(=O)[C@@H](CC(=O)[C@@H]1[C@H]2CC[C@H](C2)N1C(=O)CCOCCOCCOCCC1C(=O)CC(C)C1=O)C(C)C. The third-order valence-electron chi connectivity index (χ3n) is 16.7. The Morgan fingerprint density at radius 2 is 1.49 bits per heavy atom. The molecule has 2 aliphatic carbocycles. The Labute approximate surface area is 439 Å². The van der Waals surface area contributed by atoms with Gasteiger partial charge in [-0.05, 0) is 68.3 Å². The number of hydrogen-bond acceptors (Lipinski definition) is 13. The van der Waals surface area contributed by atoms with Crippen molar-refractivity contribution < 1.29 is 67.1 Å². The highest BCUT2D eigenvalue weighted by atomic mass is 16.5. The number of fused-ring (bicyclic) bond motifs is 2. The minimum absolute atomic E-state index is 0.00138. The average molecular weight is 1040 g/mol. The minimum atomic E-state index is -1.04. The van der Waals surface area contributed by atoms with Crippen molar-refractivity contribution in [1.82, 2.24) is 14.7 Å². The molecule has 2 saturated heterocycles. The van der Waals surface area contributed by atoms with Gasteiger partial charge < -0.3 is 43.5 Å². The zero-order chi connectivity index (χ0) is 54.2. The molecule has 3 amide bonds. The van der Waals surface area contributed by atoms with Crippen LogP contribution in [0.3, 0.4) is 0 Å². The van der Waals surface area contributed by atoms with Gasteiger partial charge in [-0.3, -0.25) is 38.4 Å². The molecule has 414 valence electrons. The summed E-state index contributed by atoms with van der Waals surface area (Å²) >= 11 is 0. The van der Waals surface area contributed by atoms with Gasteiger partial charge >= 0.3 is 5.97 Å². The maximum Gasteiger partial charge on any atom is 0.307 e. The molecule has 0 spiro atoms. The molecule has 1 N–H and O–H groups in total. The molecule has 1 aromatic carbocycles. The van der Waals surface area contributed by atoms with E-state index in [1.54, 1.807) is 35.6 Å². The third-order valence-corrected chi connectivity index (χ3v) is 16.7. The van der Waals surface area contributed by atoms with Crippen molar-refractivity contribution in [1.29, 1.82) is 0 Å². The maximum atomic E-state index is 14.8. The van der Waals surface area contributed by atoms with Crippen LogP contribution in [0.25, 0.3) is 0 Å². The summed E-state index contributed by atoms with van der Waals surface area (Å²) in [4.78, 5) is 113. The first kappa shape index (κ1) is 60.4. The van der Waals surface area contributed by atoms with Crippen LogP contribution < -0.4 is 0 Å². The van der Waals surface area contributed by atoms with E-state index in [1.807, 2.05) is 58.0 Å². The maximum absolute atomic E-state index is 14.8. The molecule has 2 heterocycles. The van der Waals surface area contributed by atoms with E-state index in [0.717, 1.165) is 24.8 Å². The first-order valence-electron chi connectivity index (χ1n) is 27.4. The van der Waals surface area contributed by atoms with E-state index in [4.69, 9.17) is 23.7 Å². The number of amides is 3. The van der Waals surface area contributed by atoms with E-state index in [0.29, 0.717) is 65.1 Å². The standard InChI is InChI=1S/C57H87N3O14/c1-10-36(4)52(49(70-8)34-51(65)59-22-14-17-45(59)55(71-9)38(6)46(61)32-41(57(68)69)30-39-15-12-11-13-16-39)58(7)56(67)44(35(2)3)33-48(63)53-40-18-19-42(31-40)60(53)50(64)21-24-73-26-28-74-27-25-72-23-20-43-47(62)29-37(5)54(43)66/h11-13,15-16,35-38,40-45,49,52-53,55H,10,14,17-34H2,1-9H3,(H,68,69)/t36-,37?,38-,40-,41+,42+,43?,44-,45-,49+,52?,53-,55+/m0/s1. The summed E-state index contributed by atoms with van der Waals surface area (Å²) in [5, 5.41) is 10.0. The zero-order valence-electron chi connectivity index (χ0n) is 45.7. The Hall–Kier alpha value is -4.42. The first-order valence-corrected chi connectivity index (χ1v) is 27.4. The van der Waals surface area contributed by atoms with Crippen molar-refractivity contribution in [2.45, 2.75) is 161 Å². The van der Waals surface area contributed by atoms with Crippen LogP contribution in [0.5, 0.6) is 0 Å². The number of carbonyl (C=O) groups excluding carboxylic acids is 7. The van der Waals surface area contributed by atoms with E-state index < -0.39 is 60.0 Å². The first-order chi connectivity index (χ1) is 35.3. The van der Waals surface area contributed by atoms with Crippen LogP contribution in [0.4, 0.5) is 0 Å². The molecule has 3 unspecified atom stereocenters. The van der Waals surface area contributed by atoms with Gasteiger partial charge in [-0.15, -0.1) is 0 Å². The number of carbonyl (C=O) groups is 8. The Morgan fingerprint density at radius 3 is 2.08 bits per heavy atom. The van der Waals surface area contributed by atoms with Gasteiger partial charge in [-0.2, -0.15) is 0 Å². The highest BCUT2D eigenvalue weighted by Gasteiger charge is 2.52. The molecule has 13 atom stereocenters. The lowest BCUT2D eigenvalue weighted by atomic mass is 9.83. The number of carboxylic acids is 1. The lowest BCUT2D eigenvalue weighted by molar-refractivity contribution is -0.150. The van der Waals surface area contributed by atoms with Gasteiger partial charge in [0, 0.05) is 77.5 Å². The average Bonchev–Trinajstić information content (AvgIpc) is 4.19. The Kier molecular flexibility index (Phi) is 23.8. The van der Waals surface area contributed by atoms with Crippen LogP contribution in [0.1, 0.15) is 124 Å². The van der Waals surface area contributed by atoms with Gasteiger partial charge in [0.05, 0.1) is 88.0 Å². The van der Waals surface area contributed by atoms with Gasteiger partial charge in [0.1, 0.15) is 17.3 Å². The summed E-state index contributed by atoms with van der Waals surface area (Å²) < 4.78 is 28.9. The summed E-state index contributed by atoms with van der Waals surface area (Å²) in [6.07, 6.45) is 3.86. The predicted octanol–water partition coefficient (Wildman–Crippen LogP) is 6.04. The molecule has 5 rings (SSSR count). The van der Waals surface area contributed by atoms with Crippen LogP contribution in [0.15, 0.2) is 30.3 Å². The molecule has 2 bridgehead atoms. The topological polar surface area (TPSA) is 213 Å². The molecule has 4 aliphatic rings. The fourth-order valence-electron chi connectivity index (χ4n) is 12.3. The van der Waals surface area contributed by atoms with Gasteiger partial charge in [0.25, 0.3) is 0 Å². The van der Waals surface area contributed by atoms with Crippen molar-refractivity contribution in [3.8, 4) is 0 Å². The molecule has 2 aliphatic heterocycles. The zero-order valence-corrected chi connectivity index (χ0v) is 45.7. The number of ether oxygens (including phenoxy) is 5. The van der Waals surface area contributed by atoms with E-state index in [2.05, 4.69) is 0 Å². The Balaban J connectivity index is 1.14. The van der Waals surface area contributed by atoms with Crippen molar-refractivity contribution in [2.75, 3.05) is 67.5 Å². The molecule has 17 heteroatoms. The number of likely N-dealkylation sites (N-methyl/N-ethyl adjacent to an activating group) is 1. The van der Waals surface area contributed by atoms with Gasteiger partial charge in [0.2, 0.25) is 17.7 Å². The number of hydrogen-bond donors (Lipinski definition) is 1. The van der Waals surface area contributed by atoms with Gasteiger partial charge in [-0.25, -0.2) is 0 Å². The van der Waals surface area contributed by atoms with E-state index in [9.17, 15) is 43.5 Å². The molecule has 17 nitrogen and oxygen atoms in total. The molecule has 0 aromatic heterocycles. The van der Waals surface area contributed by atoms with E-state index in [-0.39, 0.29) is 116 Å². The fourth-order valence-corrected chi connectivity index (χ4v) is 12.3. The molecule has 4 fully saturated rings. The second kappa shape index (κ2) is 29.2. The van der Waals surface area contributed by atoms with Crippen LogP contribution in [0, 0.1) is 47.3 Å². The Morgan fingerprint density at radius 1 is 0.824 bits per heavy atom. The van der Waals surface area contributed by atoms with Gasteiger partial charge in [-0.1, -0.05) is 78.3 Å². The molecule has 1 aromatic rings. The lowest BCUT2D eigenvalue weighted by Crippen LogP contribution is -2.54. The number of carboxylic acid groups (broad SMARTS) is 1. The number of piperidine rings is 1. The summed E-state index contributed by atoms with van der Waals surface area (Å²) in [5.41, 5.74) is 0.831. The molecular formula is C57H87N3O14. The van der Waals surface area contributed by atoms with Crippen LogP contribution in [-0.4, -0.2) is 170 Å². The summed E-state index contributed by atoms with van der Waals surface area (Å²) in [5.74, 6) is -5.27. The van der Waals surface area contributed by atoms with Crippen molar-refractivity contribution in [3.63, 3.8) is 0 Å².